The second-order valence-corrected chi connectivity index (χ2v) is 5.89. The van der Waals surface area contributed by atoms with Gasteiger partial charge in [0.25, 0.3) is 0 Å². The molecule has 2 aromatic rings. The Labute approximate surface area is 115 Å². The lowest BCUT2D eigenvalue weighted by Gasteiger charge is -2.03. The van der Waals surface area contributed by atoms with Crippen molar-refractivity contribution in [2.24, 2.45) is 0 Å². The number of carbonyl (C=O) groups is 1. The Morgan fingerprint density at radius 1 is 0.895 bits per heavy atom. The molecular weight excluding hydrogens is 256 g/mol. The van der Waals surface area contributed by atoms with Gasteiger partial charge in [0.1, 0.15) is 0 Å². The Kier molecular flexibility index (Phi) is 5.04. The van der Waals surface area contributed by atoms with E-state index in [1.165, 1.54) is 0 Å². The molecule has 0 aliphatic carbocycles. The van der Waals surface area contributed by atoms with Crippen LogP contribution >= 0.6 is 0 Å². The highest BCUT2D eigenvalue weighted by Crippen LogP contribution is 2.07. The molecule has 0 radical (unpaired) electrons. The lowest BCUT2D eigenvalue weighted by molar-refractivity contribution is 0.0989. The molecule has 0 spiro atoms. The van der Waals surface area contributed by atoms with Crippen molar-refractivity contribution in [1.29, 1.82) is 0 Å². The average Bonchev–Trinajstić information content (AvgIpc) is 2.47. The standard InChI is InChI=1S/C16H16O2S/c17-16(15-9-5-2-6-10-15)11-12-19(18)13-14-7-3-1-4-8-14/h1-10H,11-13H2. The maximum absolute atomic E-state index is 11.9. The first-order valence-corrected chi connectivity index (χ1v) is 7.71. The first-order valence-electron chi connectivity index (χ1n) is 6.23. The molecule has 0 heterocycles. The first-order chi connectivity index (χ1) is 9.25. The molecule has 2 aromatic carbocycles. The number of carbonyl (C=O) groups excluding carboxylic acids is 1. The van der Waals surface area contributed by atoms with Crippen LogP contribution in [0.2, 0.25) is 0 Å². The topological polar surface area (TPSA) is 34.1 Å². The van der Waals surface area contributed by atoms with Crippen LogP contribution in [0.3, 0.4) is 0 Å². The van der Waals surface area contributed by atoms with Crippen LogP contribution in [0.15, 0.2) is 60.7 Å². The summed E-state index contributed by atoms with van der Waals surface area (Å²) in [5.41, 5.74) is 1.74. The SMILES string of the molecule is O=C(CCS(=O)Cc1ccccc1)c1ccccc1. The molecule has 0 aliphatic rings. The number of ketones is 1. The van der Waals surface area contributed by atoms with E-state index < -0.39 is 10.8 Å². The van der Waals surface area contributed by atoms with Gasteiger partial charge in [0.2, 0.25) is 0 Å². The fourth-order valence-electron chi connectivity index (χ4n) is 1.81. The second-order valence-electron chi connectivity index (χ2n) is 4.31. The number of benzene rings is 2. The third-order valence-corrected chi connectivity index (χ3v) is 4.14. The van der Waals surface area contributed by atoms with Crippen molar-refractivity contribution in [2.75, 3.05) is 5.75 Å². The summed E-state index contributed by atoms with van der Waals surface area (Å²) in [6, 6.07) is 18.9. The highest BCUT2D eigenvalue weighted by Gasteiger charge is 2.08. The van der Waals surface area contributed by atoms with E-state index in [1.807, 2.05) is 48.5 Å². The zero-order chi connectivity index (χ0) is 13.5. The first kappa shape index (κ1) is 13.7. The van der Waals surface area contributed by atoms with E-state index in [2.05, 4.69) is 0 Å². The molecular formula is C16H16O2S. The Morgan fingerprint density at radius 3 is 2.11 bits per heavy atom. The predicted molar refractivity (Wildman–Crippen MR) is 78.5 cm³/mol. The van der Waals surface area contributed by atoms with E-state index in [9.17, 15) is 9.00 Å². The normalized spacial score (nSPS) is 12.0. The van der Waals surface area contributed by atoms with E-state index in [0.717, 1.165) is 5.56 Å². The van der Waals surface area contributed by atoms with Gasteiger partial charge >= 0.3 is 0 Å². The van der Waals surface area contributed by atoms with Gasteiger partial charge in [0.15, 0.2) is 5.78 Å². The van der Waals surface area contributed by atoms with Gasteiger partial charge in [0.05, 0.1) is 0 Å². The Balaban J connectivity index is 1.83. The van der Waals surface area contributed by atoms with E-state index >= 15 is 0 Å². The van der Waals surface area contributed by atoms with Gasteiger partial charge in [-0.3, -0.25) is 9.00 Å². The van der Waals surface area contributed by atoms with Gasteiger partial charge < -0.3 is 0 Å². The third kappa shape index (κ3) is 4.45. The summed E-state index contributed by atoms with van der Waals surface area (Å²) in [4.78, 5) is 11.9. The molecule has 0 saturated heterocycles. The predicted octanol–water partition coefficient (Wildman–Crippen LogP) is 3.21. The van der Waals surface area contributed by atoms with Gasteiger partial charge in [-0.25, -0.2) is 0 Å². The molecule has 1 atom stereocenters. The van der Waals surface area contributed by atoms with Crippen LogP contribution in [-0.4, -0.2) is 15.7 Å². The molecule has 2 nitrogen and oxygen atoms in total. The zero-order valence-electron chi connectivity index (χ0n) is 10.6. The highest BCUT2D eigenvalue weighted by atomic mass is 32.2. The summed E-state index contributed by atoms with van der Waals surface area (Å²) in [7, 11) is -0.986. The Hall–Kier alpha value is -1.74. The van der Waals surface area contributed by atoms with Crippen LogP contribution in [0.1, 0.15) is 22.3 Å². The highest BCUT2D eigenvalue weighted by molar-refractivity contribution is 7.84. The van der Waals surface area contributed by atoms with Gasteiger partial charge in [-0.2, -0.15) is 0 Å². The lowest BCUT2D eigenvalue weighted by Crippen LogP contribution is -2.07. The van der Waals surface area contributed by atoms with E-state index in [-0.39, 0.29) is 5.78 Å². The molecule has 0 fully saturated rings. The zero-order valence-corrected chi connectivity index (χ0v) is 11.4. The molecule has 1 unspecified atom stereocenters. The summed E-state index contributed by atoms with van der Waals surface area (Å²) >= 11 is 0. The molecule has 2 rings (SSSR count). The van der Waals surface area contributed by atoms with Crippen molar-refractivity contribution in [3.05, 3.63) is 71.8 Å². The molecule has 98 valence electrons. The van der Waals surface area contributed by atoms with Crippen LogP contribution in [0.25, 0.3) is 0 Å². The molecule has 19 heavy (non-hydrogen) atoms. The molecule has 3 heteroatoms. The second kappa shape index (κ2) is 7.00. The summed E-state index contributed by atoms with van der Waals surface area (Å²) < 4.78 is 11.9. The van der Waals surface area contributed by atoms with Crippen LogP contribution in [0.5, 0.6) is 0 Å². The Morgan fingerprint density at radius 2 is 1.47 bits per heavy atom. The van der Waals surface area contributed by atoms with Crippen LogP contribution in [0.4, 0.5) is 0 Å². The van der Waals surface area contributed by atoms with Gasteiger partial charge in [-0.1, -0.05) is 60.7 Å². The van der Waals surface area contributed by atoms with Gasteiger partial charge in [-0.15, -0.1) is 0 Å². The molecule has 0 aliphatic heterocycles. The summed E-state index contributed by atoms with van der Waals surface area (Å²) in [6.45, 7) is 0. The summed E-state index contributed by atoms with van der Waals surface area (Å²) in [5, 5.41) is 0. The van der Waals surface area contributed by atoms with Gasteiger partial charge in [0, 0.05) is 34.3 Å². The van der Waals surface area contributed by atoms with E-state index in [1.54, 1.807) is 12.1 Å². The minimum atomic E-state index is -0.986. The minimum Gasteiger partial charge on any atom is -0.294 e. The average molecular weight is 272 g/mol. The molecule has 0 saturated carbocycles. The van der Waals surface area contributed by atoms with Crippen molar-refractivity contribution >= 4 is 16.6 Å². The minimum absolute atomic E-state index is 0.0574. The number of Topliss-reactive ketones (excluding diaryl/α,β-unsaturated/α-hetero) is 1. The fraction of sp³-hybridized carbons (Fsp3) is 0.188. The van der Waals surface area contributed by atoms with Crippen LogP contribution in [0, 0.1) is 0 Å². The van der Waals surface area contributed by atoms with Crippen LogP contribution < -0.4 is 0 Å². The quantitative estimate of drug-likeness (QED) is 0.757. The van der Waals surface area contributed by atoms with Gasteiger partial charge in [-0.05, 0) is 5.56 Å². The maximum atomic E-state index is 11.9. The maximum Gasteiger partial charge on any atom is 0.163 e. The van der Waals surface area contributed by atoms with E-state index in [4.69, 9.17) is 0 Å². The van der Waals surface area contributed by atoms with Crippen molar-refractivity contribution in [3.63, 3.8) is 0 Å². The van der Waals surface area contributed by atoms with Crippen molar-refractivity contribution in [2.45, 2.75) is 12.2 Å². The fourth-order valence-corrected chi connectivity index (χ4v) is 2.93. The van der Waals surface area contributed by atoms with Crippen LogP contribution in [-0.2, 0) is 16.6 Å². The smallest absolute Gasteiger partial charge is 0.163 e. The monoisotopic (exact) mass is 272 g/mol. The number of hydrogen-bond donors (Lipinski definition) is 0. The molecule has 0 amide bonds. The van der Waals surface area contributed by atoms with Crippen molar-refractivity contribution in [1.82, 2.24) is 0 Å². The van der Waals surface area contributed by atoms with E-state index in [0.29, 0.717) is 23.5 Å². The summed E-state index contributed by atoms with van der Waals surface area (Å²) in [6.07, 6.45) is 0.337. The largest absolute Gasteiger partial charge is 0.294 e. The summed E-state index contributed by atoms with van der Waals surface area (Å²) in [5.74, 6) is 0.993. The van der Waals surface area contributed by atoms with Crippen molar-refractivity contribution in [3.8, 4) is 0 Å². The number of rotatable bonds is 6. The molecule has 0 N–H and O–H groups in total. The molecule has 0 aromatic heterocycles. The number of hydrogen-bond acceptors (Lipinski definition) is 2. The third-order valence-electron chi connectivity index (χ3n) is 2.82. The molecule has 0 bridgehead atoms. The lowest BCUT2D eigenvalue weighted by atomic mass is 10.1. The van der Waals surface area contributed by atoms with Crippen molar-refractivity contribution < 1.29 is 9.00 Å². The Bertz CT molecular complexity index is 549.